The fourth-order valence-corrected chi connectivity index (χ4v) is 2.90. The molecule has 5 nitrogen and oxygen atoms in total. The van der Waals surface area contributed by atoms with Crippen LogP contribution in [0.2, 0.25) is 0 Å². The maximum absolute atomic E-state index is 12.3. The quantitative estimate of drug-likeness (QED) is 0.464. The van der Waals surface area contributed by atoms with Crippen LogP contribution < -0.4 is 20.1 Å². The maximum Gasteiger partial charge on any atom is 0.243 e. The Kier molecular flexibility index (Phi) is 8.15. The molecule has 0 aliphatic carbocycles. The van der Waals surface area contributed by atoms with Gasteiger partial charge in [0.05, 0.1) is 19.8 Å². The Morgan fingerprint density at radius 1 is 0.800 bits per heavy atom. The van der Waals surface area contributed by atoms with Crippen LogP contribution in [0.15, 0.2) is 78.9 Å². The Morgan fingerprint density at radius 3 is 2.20 bits per heavy atom. The first kappa shape index (κ1) is 21.2. The predicted octanol–water partition coefficient (Wildman–Crippen LogP) is 5.15. The molecule has 0 saturated carbocycles. The fourth-order valence-electron chi connectivity index (χ4n) is 2.90. The summed E-state index contributed by atoms with van der Waals surface area (Å²) >= 11 is 0. The van der Waals surface area contributed by atoms with Gasteiger partial charge in [-0.1, -0.05) is 49.4 Å². The molecule has 2 N–H and O–H groups in total. The van der Waals surface area contributed by atoms with E-state index in [-0.39, 0.29) is 12.5 Å². The third-order valence-corrected chi connectivity index (χ3v) is 4.38. The monoisotopic (exact) mass is 404 g/mol. The number of hydrogen-bond donors (Lipinski definition) is 2. The van der Waals surface area contributed by atoms with Crippen molar-refractivity contribution in [1.29, 1.82) is 0 Å². The minimum atomic E-state index is -0.127. The molecular formula is C25H28N2O3. The molecule has 3 rings (SSSR count). The molecule has 30 heavy (non-hydrogen) atoms. The zero-order chi connectivity index (χ0) is 21.0. The zero-order valence-corrected chi connectivity index (χ0v) is 17.3. The van der Waals surface area contributed by atoms with Gasteiger partial charge in [-0.05, 0) is 36.2 Å². The van der Waals surface area contributed by atoms with Crippen molar-refractivity contribution in [3.63, 3.8) is 0 Å². The summed E-state index contributed by atoms with van der Waals surface area (Å²) in [5.74, 6) is 1.40. The number of nitrogens with one attached hydrogen (secondary N) is 2. The number of anilines is 2. The summed E-state index contributed by atoms with van der Waals surface area (Å²) < 4.78 is 11.4. The third kappa shape index (κ3) is 7.17. The van der Waals surface area contributed by atoms with Gasteiger partial charge < -0.3 is 20.1 Å². The Hall–Kier alpha value is -3.47. The van der Waals surface area contributed by atoms with Gasteiger partial charge in [-0.2, -0.15) is 0 Å². The number of carbonyl (C=O) groups is 1. The fraction of sp³-hybridized carbons (Fsp3) is 0.240. The number of amides is 1. The molecule has 1 amide bonds. The van der Waals surface area contributed by atoms with Crippen molar-refractivity contribution < 1.29 is 14.3 Å². The van der Waals surface area contributed by atoms with Gasteiger partial charge in [0.25, 0.3) is 0 Å². The molecule has 0 fully saturated rings. The van der Waals surface area contributed by atoms with Crippen LogP contribution in [0.4, 0.5) is 11.4 Å². The highest BCUT2D eigenvalue weighted by molar-refractivity contribution is 5.93. The minimum absolute atomic E-state index is 0.127. The Bertz CT molecular complexity index is 928. The van der Waals surface area contributed by atoms with Crippen LogP contribution in [0, 0.1) is 0 Å². The highest BCUT2D eigenvalue weighted by Crippen LogP contribution is 2.19. The Morgan fingerprint density at radius 2 is 1.47 bits per heavy atom. The highest BCUT2D eigenvalue weighted by atomic mass is 16.5. The largest absolute Gasteiger partial charge is 0.494 e. The molecule has 0 radical (unpaired) electrons. The van der Waals surface area contributed by atoms with Gasteiger partial charge in [0.15, 0.2) is 0 Å². The molecule has 0 unspecified atom stereocenters. The van der Waals surface area contributed by atoms with Crippen LogP contribution in [0.25, 0.3) is 0 Å². The van der Waals surface area contributed by atoms with Crippen molar-refractivity contribution in [3.8, 4) is 11.5 Å². The second-order valence-corrected chi connectivity index (χ2v) is 6.89. The molecule has 0 aliphatic rings. The molecule has 5 heteroatoms. The first-order chi connectivity index (χ1) is 14.7. The summed E-state index contributed by atoms with van der Waals surface area (Å²) in [6.45, 7) is 3.47. The van der Waals surface area contributed by atoms with Crippen LogP contribution in [0.1, 0.15) is 18.9 Å². The summed E-state index contributed by atoms with van der Waals surface area (Å²) in [5.41, 5.74) is 2.79. The lowest BCUT2D eigenvalue weighted by Gasteiger charge is -2.11. The highest BCUT2D eigenvalue weighted by Gasteiger charge is 2.05. The normalized spacial score (nSPS) is 10.3. The van der Waals surface area contributed by atoms with Crippen molar-refractivity contribution in [1.82, 2.24) is 0 Å². The van der Waals surface area contributed by atoms with Crippen LogP contribution >= 0.6 is 0 Å². The topological polar surface area (TPSA) is 59.6 Å². The van der Waals surface area contributed by atoms with Gasteiger partial charge in [0.1, 0.15) is 11.5 Å². The smallest absolute Gasteiger partial charge is 0.243 e. The standard InChI is InChI=1S/C25H28N2O3/c1-2-15-29-24-13-7-11-22(18-24)27-25(28)19-26-21-10-6-12-23(17-21)30-16-14-20-8-4-3-5-9-20/h3-13,17-18,26H,2,14-16,19H2,1H3,(H,27,28). The zero-order valence-electron chi connectivity index (χ0n) is 17.3. The van der Waals surface area contributed by atoms with E-state index < -0.39 is 0 Å². The van der Waals surface area contributed by atoms with Crippen LogP contribution in [-0.2, 0) is 11.2 Å². The summed E-state index contributed by atoms with van der Waals surface area (Å²) in [4.78, 5) is 12.3. The van der Waals surface area contributed by atoms with Crippen molar-refractivity contribution in [2.75, 3.05) is 30.4 Å². The number of hydrogen-bond acceptors (Lipinski definition) is 4. The first-order valence-electron chi connectivity index (χ1n) is 10.3. The van der Waals surface area contributed by atoms with Crippen molar-refractivity contribution in [2.24, 2.45) is 0 Å². The van der Waals surface area contributed by atoms with E-state index in [9.17, 15) is 4.79 Å². The molecule has 0 atom stereocenters. The van der Waals surface area contributed by atoms with E-state index in [0.29, 0.717) is 18.9 Å². The van der Waals surface area contributed by atoms with E-state index in [1.54, 1.807) is 0 Å². The lowest BCUT2D eigenvalue weighted by Crippen LogP contribution is -2.21. The van der Waals surface area contributed by atoms with E-state index >= 15 is 0 Å². The van der Waals surface area contributed by atoms with E-state index in [0.717, 1.165) is 30.0 Å². The van der Waals surface area contributed by atoms with Crippen molar-refractivity contribution in [3.05, 3.63) is 84.4 Å². The SMILES string of the molecule is CCCOc1cccc(NC(=O)CNc2cccc(OCCc3ccccc3)c2)c1. The van der Waals surface area contributed by atoms with Gasteiger partial charge in [0, 0.05) is 29.9 Å². The molecule has 3 aromatic rings. The first-order valence-corrected chi connectivity index (χ1v) is 10.3. The van der Waals surface area contributed by atoms with E-state index in [1.807, 2.05) is 66.7 Å². The second-order valence-electron chi connectivity index (χ2n) is 6.89. The number of ether oxygens (including phenoxy) is 2. The predicted molar refractivity (Wildman–Crippen MR) is 121 cm³/mol. The average Bonchev–Trinajstić information content (AvgIpc) is 2.78. The van der Waals surface area contributed by atoms with Crippen LogP contribution in [-0.4, -0.2) is 25.7 Å². The number of rotatable bonds is 11. The lowest BCUT2D eigenvalue weighted by atomic mass is 10.2. The summed E-state index contributed by atoms with van der Waals surface area (Å²) in [7, 11) is 0. The summed E-state index contributed by atoms with van der Waals surface area (Å²) in [5, 5.41) is 6.02. The third-order valence-electron chi connectivity index (χ3n) is 4.38. The molecule has 0 aliphatic heterocycles. The van der Waals surface area contributed by atoms with Crippen LogP contribution in [0.5, 0.6) is 11.5 Å². The molecule has 0 bridgehead atoms. The van der Waals surface area contributed by atoms with Gasteiger partial charge >= 0.3 is 0 Å². The van der Waals surface area contributed by atoms with Crippen molar-refractivity contribution in [2.45, 2.75) is 19.8 Å². The Balaban J connectivity index is 1.45. The summed E-state index contributed by atoms with van der Waals surface area (Å²) in [6.07, 6.45) is 1.79. The van der Waals surface area contributed by atoms with E-state index in [2.05, 4.69) is 29.7 Å². The molecule has 0 saturated heterocycles. The van der Waals surface area contributed by atoms with Crippen molar-refractivity contribution >= 4 is 17.3 Å². The molecule has 0 aromatic heterocycles. The molecule has 156 valence electrons. The van der Waals surface area contributed by atoms with E-state index in [1.165, 1.54) is 5.56 Å². The maximum atomic E-state index is 12.3. The van der Waals surface area contributed by atoms with Crippen LogP contribution in [0.3, 0.4) is 0 Å². The number of benzene rings is 3. The van der Waals surface area contributed by atoms with E-state index in [4.69, 9.17) is 9.47 Å². The molecular weight excluding hydrogens is 376 g/mol. The molecule has 3 aromatic carbocycles. The number of carbonyl (C=O) groups excluding carboxylic acids is 1. The van der Waals surface area contributed by atoms with Gasteiger partial charge in [0.2, 0.25) is 5.91 Å². The summed E-state index contributed by atoms with van der Waals surface area (Å²) in [6, 6.07) is 25.3. The van der Waals surface area contributed by atoms with Gasteiger partial charge in [-0.25, -0.2) is 0 Å². The van der Waals surface area contributed by atoms with Gasteiger partial charge in [-0.3, -0.25) is 4.79 Å². The average molecular weight is 405 g/mol. The lowest BCUT2D eigenvalue weighted by molar-refractivity contribution is -0.114. The minimum Gasteiger partial charge on any atom is -0.494 e. The Labute approximate surface area is 178 Å². The van der Waals surface area contributed by atoms with Gasteiger partial charge in [-0.15, -0.1) is 0 Å². The molecule has 0 heterocycles. The second kappa shape index (κ2) is 11.5. The molecule has 0 spiro atoms.